The number of amides is 1. The smallest absolute Gasteiger partial charge is 0.251 e. The summed E-state index contributed by atoms with van der Waals surface area (Å²) < 4.78 is 0. The highest BCUT2D eigenvalue weighted by atomic mass is 16.1. The van der Waals surface area contributed by atoms with E-state index in [1.54, 1.807) is 12.1 Å². The molecule has 0 spiro atoms. The maximum atomic E-state index is 11.7. The molecular weight excluding hydrogens is 236 g/mol. The molecule has 0 unspecified atom stereocenters. The van der Waals surface area contributed by atoms with Crippen LogP contribution in [0.25, 0.3) is 11.1 Å². The van der Waals surface area contributed by atoms with E-state index in [2.05, 4.69) is 5.32 Å². The van der Waals surface area contributed by atoms with E-state index in [9.17, 15) is 4.79 Å². The predicted molar refractivity (Wildman–Crippen MR) is 74.4 cm³/mol. The molecule has 1 amide bonds. The Morgan fingerprint density at radius 3 is 2.26 bits per heavy atom. The first-order chi connectivity index (χ1) is 9.31. The summed E-state index contributed by atoms with van der Waals surface area (Å²) in [5.41, 5.74) is 2.81. The van der Waals surface area contributed by atoms with Crippen molar-refractivity contribution in [3.8, 4) is 17.2 Å². The molecule has 0 fully saturated rings. The lowest BCUT2D eigenvalue weighted by Gasteiger charge is -2.05. The van der Waals surface area contributed by atoms with E-state index in [-0.39, 0.29) is 5.91 Å². The normalized spacial score (nSPS) is 9.63. The third kappa shape index (κ3) is 3.43. The minimum Gasteiger partial charge on any atom is -0.351 e. The molecule has 0 aliphatic carbocycles. The van der Waals surface area contributed by atoms with E-state index in [0.29, 0.717) is 18.5 Å². The van der Waals surface area contributed by atoms with Gasteiger partial charge in [0.15, 0.2) is 0 Å². The Balaban J connectivity index is 2.07. The summed E-state index contributed by atoms with van der Waals surface area (Å²) in [6, 6.07) is 19.4. The lowest BCUT2D eigenvalue weighted by molar-refractivity contribution is 0.0954. The highest BCUT2D eigenvalue weighted by Crippen LogP contribution is 2.19. The van der Waals surface area contributed by atoms with Crippen molar-refractivity contribution in [2.45, 2.75) is 6.42 Å². The first-order valence-corrected chi connectivity index (χ1v) is 6.12. The zero-order chi connectivity index (χ0) is 13.5. The number of hydrogen-bond donors (Lipinski definition) is 1. The predicted octanol–water partition coefficient (Wildman–Crippen LogP) is 3.00. The van der Waals surface area contributed by atoms with Gasteiger partial charge >= 0.3 is 0 Å². The molecule has 3 heteroatoms. The van der Waals surface area contributed by atoms with Crippen LogP contribution in [0.4, 0.5) is 0 Å². The van der Waals surface area contributed by atoms with Crippen LogP contribution in [-0.2, 0) is 0 Å². The topological polar surface area (TPSA) is 52.9 Å². The van der Waals surface area contributed by atoms with E-state index in [0.717, 1.165) is 11.1 Å². The number of nitrogens with zero attached hydrogens (tertiary/aromatic N) is 1. The van der Waals surface area contributed by atoms with Gasteiger partial charge in [-0.3, -0.25) is 4.79 Å². The fraction of sp³-hybridized carbons (Fsp3) is 0.125. The molecule has 2 aromatic rings. The van der Waals surface area contributed by atoms with Crippen LogP contribution in [0.2, 0.25) is 0 Å². The molecule has 0 aliphatic rings. The number of benzene rings is 2. The van der Waals surface area contributed by atoms with Gasteiger partial charge in [0.25, 0.3) is 5.91 Å². The minimum absolute atomic E-state index is 0.144. The van der Waals surface area contributed by atoms with Crippen molar-refractivity contribution in [2.75, 3.05) is 6.54 Å². The molecule has 0 atom stereocenters. The third-order valence-electron chi connectivity index (χ3n) is 2.78. The van der Waals surface area contributed by atoms with Gasteiger partial charge in [-0.1, -0.05) is 42.5 Å². The van der Waals surface area contributed by atoms with E-state index in [4.69, 9.17) is 5.26 Å². The first-order valence-electron chi connectivity index (χ1n) is 6.12. The molecule has 3 nitrogen and oxygen atoms in total. The summed E-state index contributed by atoms with van der Waals surface area (Å²) in [7, 11) is 0. The van der Waals surface area contributed by atoms with Crippen molar-refractivity contribution in [2.24, 2.45) is 0 Å². The van der Waals surface area contributed by atoms with Gasteiger partial charge in [-0.2, -0.15) is 5.26 Å². The Morgan fingerprint density at radius 2 is 1.63 bits per heavy atom. The molecule has 0 radical (unpaired) electrons. The van der Waals surface area contributed by atoms with E-state index in [1.807, 2.05) is 48.5 Å². The number of carbonyl (C=O) groups is 1. The molecule has 0 bridgehead atoms. The molecule has 0 aliphatic heterocycles. The van der Waals surface area contributed by atoms with Crippen molar-refractivity contribution < 1.29 is 4.79 Å². The number of nitrogens with one attached hydrogen (secondary N) is 1. The van der Waals surface area contributed by atoms with Crippen LogP contribution in [0.5, 0.6) is 0 Å². The van der Waals surface area contributed by atoms with Crippen LogP contribution in [0.15, 0.2) is 54.6 Å². The van der Waals surface area contributed by atoms with Crippen LogP contribution in [-0.4, -0.2) is 12.5 Å². The molecule has 0 heterocycles. The highest BCUT2D eigenvalue weighted by molar-refractivity contribution is 5.94. The van der Waals surface area contributed by atoms with Crippen LogP contribution in [0, 0.1) is 11.3 Å². The van der Waals surface area contributed by atoms with Gasteiger partial charge in [0.1, 0.15) is 0 Å². The van der Waals surface area contributed by atoms with Crippen LogP contribution < -0.4 is 5.32 Å². The molecule has 19 heavy (non-hydrogen) atoms. The summed E-state index contributed by atoms with van der Waals surface area (Å²) in [6.07, 6.45) is 0.327. The average molecular weight is 250 g/mol. The maximum absolute atomic E-state index is 11.7. The summed E-state index contributed by atoms with van der Waals surface area (Å²) in [5.74, 6) is -0.144. The van der Waals surface area contributed by atoms with Crippen LogP contribution >= 0.6 is 0 Å². The zero-order valence-corrected chi connectivity index (χ0v) is 10.5. The first kappa shape index (κ1) is 12.8. The van der Waals surface area contributed by atoms with Gasteiger partial charge in [0.05, 0.1) is 12.5 Å². The average Bonchev–Trinajstić information content (AvgIpc) is 2.48. The van der Waals surface area contributed by atoms with Gasteiger partial charge < -0.3 is 5.32 Å². The molecule has 94 valence electrons. The van der Waals surface area contributed by atoms with Crippen molar-refractivity contribution in [1.29, 1.82) is 5.26 Å². The lowest BCUT2D eigenvalue weighted by atomic mass is 10.0. The quantitative estimate of drug-likeness (QED) is 0.848. The Hall–Kier alpha value is -2.60. The Labute approximate surface area is 112 Å². The van der Waals surface area contributed by atoms with Crippen molar-refractivity contribution >= 4 is 5.91 Å². The van der Waals surface area contributed by atoms with Gasteiger partial charge in [0, 0.05) is 12.1 Å². The molecule has 2 aromatic carbocycles. The van der Waals surface area contributed by atoms with Crippen molar-refractivity contribution in [3.63, 3.8) is 0 Å². The number of rotatable bonds is 4. The summed E-state index contributed by atoms with van der Waals surface area (Å²) >= 11 is 0. The van der Waals surface area contributed by atoms with E-state index < -0.39 is 0 Å². The monoisotopic (exact) mass is 250 g/mol. The minimum atomic E-state index is -0.144. The zero-order valence-electron chi connectivity index (χ0n) is 10.5. The molecule has 2 rings (SSSR count). The second kappa shape index (κ2) is 6.36. The largest absolute Gasteiger partial charge is 0.351 e. The van der Waals surface area contributed by atoms with E-state index >= 15 is 0 Å². The molecule has 0 saturated heterocycles. The molecule has 0 aromatic heterocycles. The molecule has 1 N–H and O–H groups in total. The lowest BCUT2D eigenvalue weighted by Crippen LogP contribution is -2.24. The molecular formula is C16H14N2O. The van der Waals surface area contributed by atoms with Gasteiger partial charge in [-0.15, -0.1) is 0 Å². The summed E-state index contributed by atoms with van der Waals surface area (Å²) in [4.78, 5) is 11.7. The maximum Gasteiger partial charge on any atom is 0.251 e. The third-order valence-corrected chi connectivity index (χ3v) is 2.78. The fourth-order valence-electron chi connectivity index (χ4n) is 1.78. The molecule has 0 saturated carbocycles. The fourth-order valence-corrected chi connectivity index (χ4v) is 1.78. The van der Waals surface area contributed by atoms with Gasteiger partial charge in [-0.05, 0) is 23.3 Å². The Morgan fingerprint density at radius 1 is 1.00 bits per heavy atom. The second-order valence-electron chi connectivity index (χ2n) is 4.11. The standard InChI is InChI=1S/C16H14N2O/c17-11-4-12-18-16(19)15-9-7-14(8-10-15)13-5-2-1-3-6-13/h1-3,5-10H,4,12H2,(H,18,19). The van der Waals surface area contributed by atoms with Crippen molar-refractivity contribution in [1.82, 2.24) is 5.32 Å². The van der Waals surface area contributed by atoms with Crippen molar-refractivity contribution in [3.05, 3.63) is 60.2 Å². The number of nitriles is 1. The SMILES string of the molecule is N#CCCNC(=O)c1ccc(-c2ccccc2)cc1. The Bertz CT molecular complexity index is 582. The van der Waals surface area contributed by atoms with Crippen LogP contribution in [0.1, 0.15) is 16.8 Å². The number of hydrogen-bond acceptors (Lipinski definition) is 2. The van der Waals surface area contributed by atoms with Gasteiger partial charge in [-0.25, -0.2) is 0 Å². The summed E-state index contributed by atoms with van der Waals surface area (Å²) in [6.45, 7) is 0.385. The Kier molecular flexibility index (Phi) is 4.30. The number of carbonyl (C=O) groups excluding carboxylic acids is 1. The van der Waals surface area contributed by atoms with E-state index in [1.165, 1.54) is 0 Å². The second-order valence-corrected chi connectivity index (χ2v) is 4.11. The van der Waals surface area contributed by atoms with Crippen LogP contribution in [0.3, 0.4) is 0 Å². The highest BCUT2D eigenvalue weighted by Gasteiger charge is 2.04. The van der Waals surface area contributed by atoms with Gasteiger partial charge in [0.2, 0.25) is 0 Å². The summed E-state index contributed by atoms with van der Waals surface area (Å²) in [5, 5.41) is 11.1.